The number of ether oxygens (including phenoxy) is 1. The minimum absolute atomic E-state index is 0.163. The molecule has 0 rings (SSSR count). The average molecular weight is 231 g/mol. The Labute approximate surface area is 98.6 Å². The van der Waals surface area contributed by atoms with Gasteiger partial charge in [0.15, 0.2) is 0 Å². The van der Waals surface area contributed by atoms with Crippen LogP contribution in [0.25, 0.3) is 0 Å². The molecule has 4 nitrogen and oxygen atoms in total. The zero-order valence-corrected chi connectivity index (χ0v) is 10.6. The number of aliphatic hydroxyl groups is 1. The molecular weight excluding hydrogens is 206 g/mol. The summed E-state index contributed by atoms with van der Waals surface area (Å²) >= 11 is 0. The smallest absolute Gasteiger partial charge is 0.319 e. The lowest BCUT2D eigenvalue weighted by Crippen LogP contribution is -2.32. The van der Waals surface area contributed by atoms with E-state index >= 15 is 0 Å². The van der Waals surface area contributed by atoms with Crippen LogP contribution in [0.1, 0.15) is 39.0 Å². The summed E-state index contributed by atoms with van der Waals surface area (Å²) in [4.78, 5) is 13.3. The number of hydrogen-bond acceptors (Lipinski definition) is 4. The van der Waals surface area contributed by atoms with E-state index in [1.807, 2.05) is 0 Å². The monoisotopic (exact) mass is 231 g/mol. The summed E-state index contributed by atoms with van der Waals surface area (Å²) in [5, 5.41) is 8.64. The zero-order valence-electron chi connectivity index (χ0n) is 10.6. The zero-order chi connectivity index (χ0) is 12.2. The maximum absolute atomic E-state index is 11.1. The van der Waals surface area contributed by atoms with E-state index in [1.165, 1.54) is 7.11 Å². The fraction of sp³-hybridized carbons (Fsp3) is 0.917. The van der Waals surface area contributed by atoms with Gasteiger partial charge in [-0.15, -0.1) is 0 Å². The molecule has 0 aromatic heterocycles. The van der Waals surface area contributed by atoms with Crippen LogP contribution in [0, 0.1) is 0 Å². The fourth-order valence-electron chi connectivity index (χ4n) is 1.63. The molecule has 0 unspecified atom stereocenters. The van der Waals surface area contributed by atoms with Crippen LogP contribution in [0.15, 0.2) is 0 Å². The first-order chi connectivity index (χ1) is 7.74. The van der Waals surface area contributed by atoms with Gasteiger partial charge >= 0.3 is 5.97 Å². The number of carbonyl (C=O) groups is 1. The highest BCUT2D eigenvalue weighted by Crippen LogP contribution is 2.02. The molecular formula is C12H25NO3. The Kier molecular flexibility index (Phi) is 10.5. The predicted molar refractivity (Wildman–Crippen MR) is 64.3 cm³/mol. The highest BCUT2D eigenvalue weighted by atomic mass is 16.5. The van der Waals surface area contributed by atoms with Crippen LogP contribution in [0.2, 0.25) is 0 Å². The van der Waals surface area contributed by atoms with E-state index in [4.69, 9.17) is 5.11 Å². The van der Waals surface area contributed by atoms with E-state index in [2.05, 4.69) is 16.6 Å². The molecule has 0 amide bonds. The molecule has 0 aliphatic heterocycles. The van der Waals surface area contributed by atoms with Crippen molar-refractivity contribution < 1.29 is 14.6 Å². The Bertz CT molecular complexity index is 174. The molecule has 0 aromatic rings. The van der Waals surface area contributed by atoms with E-state index in [0.29, 0.717) is 6.54 Å². The van der Waals surface area contributed by atoms with Crippen LogP contribution in [-0.2, 0) is 9.53 Å². The first-order valence-electron chi connectivity index (χ1n) is 6.14. The summed E-state index contributed by atoms with van der Waals surface area (Å²) in [7, 11) is 1.42. The summed E-state index contributed by atoms with van der Waals surface area (Å²) in [6.45, 7) is 4.66. The molecule has 0 heterocycles. The number of carbonyl (C=O) groups excluding carboxylic acids is 1. The van der Waals surface area contributed by atoms with E-state index in [0.717, 1.165) is 45.2 Å². The average Bonchev–Trinajstić information content (AvgIpc) is 2.28. The summed E-state index contributed by atoms with van der Waals surface area (Å²) < 4.78 is 4.66. The van der Waals surface area contributed by atoms with Crippen LogP contribution in [-0.4, -0.2) is 49.3 Å². The lowest BCUT2D eigenvalue weighted by atomic mass is 10.2. The van der Waals surface area contributed by atoms with Gasteiger partial charge in [-0.1, -0.05) is 19.8 Å². The number of aliphatic hydroxyl groups excluding tert-OH is 1. The van der Waals surface area contributed by atoms with Gasteiger partial charge in [0.25, 0.3) is 0 Å². The van der Waals surface area contributed by atoms with Crippen molar-refractivity contribution in [2.24, 2.45) is 0 Å². The Hall–Kier alpha value is -0.610. The van der Waals surface area contributed by atoms with Crippen LogP contribution < -0.4 is 0 Å². The van der Waals surface area contributed by atoms with Gasteiger partial charge in [-0.3, -0.25) is 9.69 Å². The first-order valence-corrected chi connectivity index (χ1v) is 6.14. The molecule has 0 aliphatic rings. The van der Waals surface area contributed by atoms with Crippen molar-refractivity contribution in [1.82, 2.24) is 4.90 Å². The van der Waals surface area contributed by atoms with Crippen molar-refractivity contribution in [3.05, 3.63) is 0 Å². The SMILES string of the molecule is CCCN(CCCCCCO)CC(=O)OC. The molecule has 4 heteroatoms. The van der Waals surface area contributed by atoms with Crippen molar-refractivity contribution in [3.63, 3.8) is 0 Å². The Morgan fingerprint density at radius 3 is 2.44 bits per heavy atom. The highest BCUT2D eigenvalue weighted by Gasteiger charge is 2.09. The van der Waals surface area contributed by atoms with Crippen molar-refractivity contribution in [2.45, 2.75) is 39.0 Å². The lowest BCUT2D eigenvalue weighted by Gasteiger charge is -2.19. The van der Waals surface area contributed by atoms with Crippen molar-refractivity contribution >= 4 is 5.97 Å². The standard InChI is InChI=1S/C12H25NO3/c1-3-8-13(11-12(15)16-2)9-6-4-5-7-10-14/h14H,3-11H2,1-2H3. The second-order valence-electron chi connectivity index (χ2n) is 3.99. The first kappa shape index (κ1) is 15.4. The number of nitrogens with zero attached hydrogens (tertiary/aromatic N) is 1. The second kappa shape index (κ2) is 10.9. The van der Waals surface area contributed by atoms with E-state index < -0.39 is 0 Å². The summed E-state index contributed by atoms with van der Waals surface area (Å²) in [5.41, 5.74) is 0. The quantitative estimate of drug-likeness (QED) is 0.456. The van der Waals surface area contributed by atoms with Gasteiger partial charge in [0, 0.05) is 6.61 Å². The molecule has 0 bridgehead atoms. The second-order valence-corrected chi connectivity index (χ2v) is 3.99. The third-order valence-corrected chi connectivity index (χ3v) is 2.50. The van der Waals surface area contributed by atoms with Crippen LogP contribution in [0.3, 0.4) is 0 Å². The van der Waals surface area contributed by atoms with Gasteiger partial charge in [-0.05, 0) is 32.4 Å². The lowest BCUT2D eigenvalue weighted by molar-refractivity contribution is -0.141. The Morgan fingerprint density at radius 1 is 1.19 bits per heavy atom. The normalized spacial score (nSPS) is 10.8. The molecule has 0 radical (unpaired) electrons. The van der Waals surface area contributed by atoms with Gasteiger partial charge in [-0.25, -0.2) is 0 Å². The fourth-order valence-corrected chi connectivity index (χ4v) is 1.63. The van der Waals surface area contributed by atoms with Gasteiger partial charge in [0.2, 0.25) is 0 Å². The Balaban J connectivity index is 3.63. The molecule has 0 saturated carbocycles. The van der Waals surface area contributed by atoms with Crippen LogP contribution >= 0.6 is 0 Å². The molecule has 96 valence electrons. The Morgan fingerprint density at radius 2 is 1.88 bits per heavy atom. The summed E-state index contributed by atoms with van der Waals surface area (Å²) in [6.07, 6.45) is 5.19. The van der Waals surface area contributed by atoms with Crippen LogP contribution in [0.5, 0.6) is 0 Å². The van der Waals surface area contributed by atoms with Crippen molar-refractivity contribution in [2.75, 3.05) is 33.4 Å². The maximum atomic E-state index is 11.1. The highest BCUT2D eigenvalue weighted by molar-refractivity contribution is 5.71. The molecule has 16 heavy (non-hydrogen) atoms. The number of methoxy groups -OCH3 is 1. The van der Waals surface area contributed by atoms with E-state index in [1.54, 1.807) is 0 Å². The van der Waals surface area contributed by atoms with Crippen molar-refractivity contribution in [1.29, 1.82) is 0 Å². The third-order valence-electron chi connectivity index (χ3n) is 2.50. The van der Waals surface area contributed by atoms with Gasteiger partial charge in [-0.2, -0.15) is 0 Å². The van der Waals surface area contributed by atoms with Gasteiger partial charge in [0.05, 0.1) is 13.7 Å². The van der Waals surface area contributed by atoms with Gasteiger partial charge in [0.1, 0.15) is 0 Å². The molecule has 0 atom stereocenters. The van der Waals surface area contributed by atoms with E-state index in [-0.39, 0.29) is 12.6 Å². The molecule has 1 N–H and O–H groups in total. The third kappa shape index (κ3) is 8.68. The predicted octanol–water partition coefficient (Wildman–Crippen LogP) is 1.42. The molecule has 0 spiro atoms. The molecule has 0 fully saturated rings. The minimum atomic E-state index is -0.163. The van der Waals surface area contributed by atoms with Crippen LogP contribution in [0.4, 0.5) is 0 Å². The largest absolute Gasteiger partial charge is 0.468 e. The number of esters is 1. The van der Waals surface area contributed by atoms with Crippen molar-refractivity contribution in [3.8, 4) is 0 Å². The van der Waals surface area contributed by atoms with Gasteiger partial charge < -0.3 is 9.84 Å². The minimum Gasteiger partial charge on any atom is -0.468 e. The number of rotatable bonds is 10. The summed E-state index contributed by atoms with van der Waals surface area (Å²) in [5.74, 6) is -0.163. The topological polar surface area (TPSA) is 49.8 Å². The molecule has 0 saturated heterocycles. The number of hydrogen-bond donors (Lipinski definition) is 1. The summed E-state index contributed by atoms with van der Waals surface area (Å²) in [6, 6.07) is 0. The van der Waals surface area contributed by atoms with E-state index in [9.17, 15) is 4.79 Å². The molecule has 0 aliphatic carbocycles. The molecule has 0 aromatic carbocycles. The number of unbranched alkanes of at least 4 members (excludes halogenated alkanes) is 3. The maximum Gasteiger partial charge on any atom is 0.319 e.